The van der Waals surface area contributed by atoms with Gasteiger partial charge in [0.25, 0.3) is 0 Å². The molecule has 84 valence electrons. The van der Waals surface area contributed by atoms with E-state index in [-0.39, 0.29) is 0 Å². The summed E-state index contributed by atoms with van der Waals surface area (Å²) in [6.07, 6.45) is 6.99. The van der Waals surface area contributed by atoms with Crippen molar-refractivity contribution in [1.82, 2.24) is 5.32 Å². The lowest BCUT2D eigenvalue weighted by Gasteiger charge is -2.14. The van der Waals surface area contributed by atoms with Crippen LogP contribution in [-0.2, 0) is 0 Å². The molecule has 0 aliphatic rings. The molecular formula is C13H21NO. The molecule has 0 aliphatic heterocycles. The molecule has 0 saturated heterocycles. The highest BCUT2D eigenvalue weighted by atomic mass is 16.3. The Balaban J connectivity index is 2.16. The molecule has 0 aromatic carbocycles. The van der Waals surface area contributed by atoms with Crippen molar-refractivity contribution in [3.8, 4) is 0 Å². The van der Waals surface area contributed by atoms with Gasteiger partial charge in [-0.2, -0.15) is 0 Å². The molecule has 2 heteroatoms. The van der Waals surface area contributed by atoms with Crippen molar-refractivity contribution in [3.63, 3.8) is 0 Å². The van der Waals surface area contributed by atoms with E-state index in [2.05, 4.69) is 32.2 Å². The molecule has 0 bridgehead atoms. The Kier molecular flexibility index (Phi) is 5.19. The van der Waals surface area contributed by atoms with Crippen LogP contribution in [0.25, 0.3) is 6.08 Å². The predicted molar refractivity (Wildman–Crippen MR) is 64.7 cm³/mol. The van der Waals surface area contributed by atoms with Gasteiger partial charge in [0.2, 0.25) is 0 Å². The van der Waals surface area contributed by atoms with Gasteiger partial charge in [-0.15, -0.1) is 0 Å². The predicted octanol–water partition coefficient (Wildman–Crippen LogP) is 3.32. The fourth-order valence-electron chi connectivity index (χ4n) is 1.62. The van der Waals surface area contributed by atoms with Crippen LogP contribution in [0.15, 0.2) is 28.9 Å². The maximum Gasteiger partial charge on any atom is 0.126 e. The maximum atomic E-state index is 5.19. The summed E-state index contributed by atoms with van der Waals surface area (Å²) in [5.74, 6) is 1.66. The highest BCUT2D eigenvalue weighted by Gasteiger charge is 2.01. The van der Waals surface area contributed by atoms with E-state index in [0.29, 0.717) is 6.04 Å². The zero-order valence-corrected chi connectivity index (χ0v) is 9.86. The molecule has 1 aromatic heterocycles. The van der Waals surface area contributed by atoms with Crippen LogP contribution < -0.4 is 5.32 Å². The van der Waals surface area contributed by atoms with Crippen molar-refractivity contribution in [2.45, 2.75) is 33.2 Å². The Morgan fingerprint density at radius 2 is 2.20 bits per heavy atom. The Bertz CT molecular complexity index is 275. The monoisotopic (exact) mass is 207 g/mol. The molecule has 0 amide bonds. The molecule has 0 aliphatic carbocycles. The number of hydrogen-bond acceptors (Lipinski definition) is 2. The lowest BCUT2D eigenvalue weighted by atomic mass is 10.1. The van der Waals surface area contributed by atoms with Gasteiger partial charge in [-0.25, -0.2) is 0 Å². The van der Waals surface area contributed by atoms with Crippen molar-refractivity contribution in [2.75, 3.05) is 6.54 Å². The second-order valence-electron chi connectivity index (χ2n) is 4.36. The van der Waals surface area contributed by atoms with E-state index < -0.39 is 0 Å². The third-order valence-corrected chi connectivity index (χ3v) is 2.23. The summed E-state index contributed by atoms with van der Waals surface area (Å²) in [5.41, 5.74) is 0. The molecule has 1 heterocycles. The lowest BCUT2D eigenvalue weighted by molar-refractivity contribution is 0.457. The first-order valence-corrected chi connectivity index (χ1v) is 5.62. The Hall–Kier alpha value is -1.02. The minimum absolute atomic E-state index is 0.575. The molecular weight excluding hydrogens is 186 g/mol. The van der Waals surface area contributed by atoms with Crippen LogP contribution in [0.1, 0.15) is 33.0 Å². The van der Waals surface area contributed by atoms with Crippen LogP contribution in [0.2, 0.25) is 0 Å². The van der Waals surface area contributed by atoms with Crippen molar-refractivity contribution >= 4 is 6.08 Å². The van der Waals surface area contributed by atoms with Gasteiger partial charge in [0.05, 0.1) is 6.26 Å². The summed E-state index contributed by atoms with van der Waals surface area (Å²) >= 11 is 0. The van der Waals surface area contributed by atoms with Crippen LogP contribution in [0, 0.1) is 5.92 Å². The Morgan fingerprint density at radius 3 is 2.80 bits per heavy atom. The lowest BCUT2D eigenvalue weighted by Crippen LogP contribution is -2.27. The molecule has 0 radical (unpaired) electrons. The number of hydrogen-bond donors (Lipinski definition) is 1. The third kappa shape index (κ3) is 5.43. The van der Waals surface area contributed by atoms with Gasteiger partial charge in [0.1, 0.15) is 5.76 Å². The van der Waals surface area contributed by atoms with E-state index in [0.717, 1.165) is 18.2 Å². The van der Waals surface area contributed by atoms with Crippen molar-refractivity contribution in [3.05, 3.63) is 30.2 Å². The summed E-state index contributed by atoms with van der Waals surface area (Å²) in [7, 11) is 0. The first-order valence-electron chi connectivity index (χ1n) is 5.62. The highest BCUT2D eigenvalue weighted by Crippen LogP contribution is 2.04. The van der Waals surface area contributed by atoms with Crippen molar-refractivity contribution < 1.29 is 4.42 Å². The molecule has 1 N–H and O–H groups in total. The zero-order chi connectivity index (χ0) is 11.1. The standard InChI is InChI=1S/C13H21NO/c1-11(2)10-12(3)14-8-4-6-13-7-5-9-15-13/h4-7,9,11-12,14H,8,10H2,1-3H3/b6-4+/t12-/m0/s1. The largest absolute Gasteiger partial charge is 0.465 e. The summed E-state index contributed by atoms with van der Waals surface area (Å²) in [6.45, 7) is 7.61. The Labute approximate surface area is 92.4 Å². The van der Waals surface area contributed by atoms with E-state index in [4.69, 9.17) is 4.42 Å². The van der Waals surface area contributed by atoms with Crippen molar-refractivity contribution in [1.29, 1.82) is 0 Å². The van der Waals surface area contributed by atoms with Gasteiger partial charge in [0.15, 0.2) is 0 Å². The quantitative estimate of drug-likeness (QED) is 0.774. The van der Waals surface area contributed by atoms with Gasteiger partial charge in [-0.05, 0) is 37.5 Å². The average molecular weight is 207 g/mol. The number of nitrogens with one attached hydrogen (secondary N) is 1. The normalized spacial score (nSPS) is 13.9. The summed E-state index contributed by atoms with van der Waals surface area (Å²) in [6, 6.07) is 4.42. The first kappa shape index (κ1) is 12.1. The molecule has 0 saturated carbocycles. The number of rotatable bonds is 6. The van der Waals surface area contributed by atoms with Gasteiger partial charge in [-0.1, -0.05) is 19.9 Å². The average Bonchev–Trinajstić information content (AvgIpc) is 2.63. The molecule has 0 fully saturated rings. The Morgan fingerprint density at radius 1 is 1.40 bits per heavy atom. The summed E-state index contributed by atoms with van der Waals surface area (Å²) < 4.78 is 5.19. The van der Waals surface area contributed by atoms with E-state index in [1.165, 1.54) is 6.42 Å². The topological polar surface area (TPSA) is 25.2 Å². The molecule has 1 atom stereocenters. The number of furan rings is 1. The highest BCUT2D eigenvalue weighted by molar-refractivity contribution is 5.42. The molecule has 15 heavy (non-hydrogen) atoms. The van der Waals surface area contributed by atoms with Crippen molar-refractivity contribution in [2.24, 2.45) is 5.92 Å². The van der Waals surface area contributed by atoms with Crippen LogP contribution in [0.4, 0.5) is 0 Å². The van der Waals surface area contributed by atoms with Crippen LogP contribution in [0.3, 0.4) is 0 Å². The molecule has 0 spiro atoms. The van der Waals surface area contributed by atoms with Crippen LogP contribution in [0.5, 0.6) is 0 Å². The van der Waals surface area contributed by atoms with E-state index in [1.807, 2.05) is 18.2 Å². The first-order chi connectivity index (χ1) is 7.18. The summed E-state index contributed by atoms with van der Waals surface area (Å²) in [4.78, 5) is 0. The molecule has 1 rings (SSSR count). The minimum Gasteiger partial charge on any atom is -0.465 e. The van der Waals surface area contributed by atoms with Crippen LogP contribution in [-0.4, -0.2) is 12.6 Å². The van der Waals surface area contributed by atoms with Gasteiger partial charge < -0.3 is 9.73 Å². The second kappa shape index (κ2) is 6.46. The second-order valence-corrected chi connectivity index (χ2v) is 4.36. The minimum atomic E-state index is 0.575. The van der Waals surface area contributed by atoms with Gasteiger partial charge in [0, 0.05) is 12.6 Å². The molecule has 2 nitrogen and oxygen atoms in total. The van der Waals surface area contributed by atoms with Crippen LogP contribution >= 0.6 is 0 Å². The molecule has 1 aromatic rings. The maximum absolute atomic E-state index is 5.19. The third-order valence-electron chi connectivity index (χ3n) is 2.23. The van der Waals surface area contributed by atoms with E-state index in [1.54, 1.807) is 6.26 Å². The van der Waals surface area contributed by atoms with Gasteiger partial charge >= 0.3 is 0 Å². The van der Waals surface area contributed by atoms with E-state index >= 15 is 0 Å². The fourth-order valence-corrected chi connectivity index (χ4v) is 1.62. The zero-order valence-electron chi connectivity index (χ0n) is 9.86. The van der Waals surface area contributed by atoms with E-state index in [9.17, 15) is 0 Å². The molecule has 0 unspecified atom stereocenters. The smallest absolute Gasteiger partial charge is 0.126 e. The summed E-state index contributed by atoms with van der Waals surface area (Å²) in [5, 5.41) is 3.45. The van der Waals surface area contributed by atoms with Gasteiger partial charge in [-0.3, -0.25) is 0 Å². The SMILES string of the molecule is CC(C)C[C@H](C)NC/C=C/c1ccco1. The fraction of sp³-hybridized carbons (Fsp3) is 0.538.